The van der Waals surface area contributed by atoms with Crippen LogP contribution in [0.4, 0.5) is 0 Å². The zero-order valence-electron chi connectivity index (χ0n) is 40.6. The molecule has 2 aromatic heterocycles. The van der Waals surface area contributed by atoms with Gasteiger partial charge in [0.15, 0.2) is 17.5 Å². The van der Waals surface area contributed by atoms with Crippen molar-refractivity contribution in [3.63, 3.8) is 0 Å². The van der Waals surface area contributed by atoms with E-state index in [0.717, 1.165) is 50.1 Å². The first-order valence-electron chi connectivity index (χ1n) is 24.0. The van der Waals surface area contributed by atoms with E-state index in [1.165, 1.54) is 0 Å². The monoisotopic (exact) mass is 786 g/mol. The second-order valence-electron chi connectivity index (χ2n) is 14.6. The van der Waals surface area contributed by atoms with Crippen LogP contribution in [0.25, 0.3) is 106 Å². The van der Waals surface area contributed by atoms with Crippen LogP contribution in [-0.2, 0) is 0 Å². The third-order valence-electron chi connectivity index (χ3n) is 11.0. The molecule has 11 rings (SSSR count). The van der Waals surface area contributed by atoms with Gasteiger partial charge in [0.1, 0.15) is 0 Å². The molecule has 11 aromatic rings. The Kier molecular flexibility index (Phi) is 7.19. The number of para-hydroxylation sites is 3. The Morgan fingerprint density at radius 2 is 0.639 bits per heavy atom. The van der Waals surface area contributed by atoms with Gasteiger partial charge in [0.05, 0.1) is 27.7 Å². The zero-order valence-corrected chi connectivity index (χ0v) is 32.6. The highest BCUT2D eigenvalue weighted by Crippen LogP contribution is 2.41. The minimum absolute atomic E-state index is 0.0131. The average molecular weight is 787 g/mol. The first kappa shape index (κ1) is 28.3. The molecule has 0 amide bonds. The van der Waals surface area contributed by atoms with Gasteiger partial charge in [-0.05, 0) is 57.1 Å². The van der Waals surface area contributed by atoms with Crippen molar-refractivity contribution in [2.75, 3.05) is 0 Å². The maximum atomic E-state index is 9.44. The maximum absolute atomic E-state index is 9.44. The molecule has 2 heterocycles. The lowest BCUT2D eigenvalue weighted by molar-refractivity contribution is 1.06. The molecule has 61 heavy (non-hydrogen) atoms. The fourth-order valence-electron chi connectivity index (χ4n) is 7.95. The maximum Gasteiger partial charge on any atom is 0.166 e. The van der Waals surface area contributed by atoms with Gasteiger partial charge in [-0.15, -0.1) is 0 Å². The summed E-state index contributed by atoms with van der Waals surface area (Å²) in [5.41, 5.74) is 9.78. The van der Waals surface area contributed by atoms with E-state index in [9.17, 15) is 5.48 Å². The third kappa shape index (κ3) is 6.76. The fraction of sp³-hybridized carbons (Fsp3) is 0. The van der Waals surface area contributed by atoms with Crippen LogP contribution in [0.1, 0.15) is 11.0 Å². The smallest absolute Gasteiger partial charge is 0.166 e. The highest BCUT2D eigenvalue weighted by molar-refractivity contribution is 6.10. The molecule has 286 valence electrons. The normalized spacial score (nSPS) is 13.1. The van der Waals surface area contributed by atoms with E-state index in [-0.39, 0.29) is 27.6 Å². The number of benzene rings is 9. The molecule has 9 aromatic carbocycles. The Morgan fingerprint density at radius 3 is 1.11 bits per heavy atom. The molecular weight excluding hydrogens is 741 g/mol. The summed E-state index contributed by atoms with van der Waals surface area (Å²) in [6.45, 7) is 0. The molecule has 0 aliphatic carbocycles. The predicted molar refractivity (Wildman–Crippen MR) is 252 cm³/mol. The third-order valence-corrected chi connectivity index (χ3v) is 11.0. The van der Waals surface area contributed by atoms with E-state index in [0.29, 0.717) is 28.5 Å². The van der Waals surface area contributed by atoms with Crippen molar-refractivity contribution in [3.8, 4) is 84.4 Å². The molecule has 0 aliphatic rings. The Labute approximate surface area is 366 Å². The quantitative estimate of drug-likeness (QED) is 0.154. The summed E-state index contributed by atoms with van der Waals surface area (Å²) in [5.74, 6) is 0.992. The molecule has 4 nitrogen and oxygen atoms in total. The predicted octanol–water partition coefficient (Wildman–Crippen LogP) is 14.6. The van der Waals surface area contributed by atoms with Crippen molar-refractivity contribution in [1.29, 1.82) is 0 Å². The summed E-state index contributed by atoms with van der Waals surface area (Å²) in [6, 6.07) is 55.9. The molecule has 4 heteroatoms. The van der Waals surface area contributed by atoms with Crippen LogP contribution < -0.4 is 0 Å². The van der Waals surface area contributed by atoms with Crippen LogP contribution >= 0.6 is 0 Å². The van der Waals surface area contributed by atoms with Crippen LogP contribution in [0.5, 0.6) is 0 Å². The van der Waals surface area contributed by atoms with Crippen LogP contribution in [0, 0.1) is 0 Å². The van der Waals surface area contributed by atoms with Crippen molar-refractivity contribution in [1.82, 2.24) is 19.5 Å². The van der Waals surface area contributed by atoms with Gasteiger partial charge in [-0.2, -0.15) is 0 Å². The number of nitrogens with zero attached hydrogens (tertiary/aromatic N) is 4. The number of hydrogen-bond donors (Lipinski definition) is 0. The topological polar surface area (TPSA) is 43.6 Å². The van der Waals surface area contributed by atoms with Crippen molar-refractivity contribution in [3.05, 3.63) is 230 Å². The molecule has 0 radical (unpaired) electrons. The van der Waals surface area contributed by atoms with E-state index in [1.807, 2.05) is 146 Å². The Morgan fingerprint density at radius 1 is 0.295 bits per heavy atom. The molecule has 0 saturated heterocycles. The number of hydrogen-bond acceptors (Lipinski definition) is 3. The number of rotatable bonds is 8. The Bertz CT molecular complexity index is 3690. The van der Waals surface area contributed by atoms with E-state index in [4.69, 9.17) is 20.4 Å². The lowest BCUT2D eigenvalue weighted by Gasteiger charge is -2.19. The molecule has 0 N–H and O–H groups in total. The summed E-state index contributed by atoms with van der Waals surface area (Å²) in [5, 5.41) is -0.0595. The summed E-state index contributed by atoms with van der Waals surface area (Å²) in [6.07, 6.45) is 0. The van der Waals surface area contributed by atoms with Crippen LogP contribution in [-0.4, -0.2) is 19.5 Å². The molecule has 0 fully saturated rings. The lowest BCUT2D eigenvalue weighted by atomic mass is 9.95. The summed E-state index contributed by atoms with van der Waals surface area (Å²) >= 11 is 0. The molecular formula is C57H38N4. The van der Waals surface area contributed by atoms with E-state index < -0.39 is 48.3 Å². The van der Waals surface area contributed by atoms with E-state index in [1.54, 1.807) is 4.57 Å². The standard InChI is InChI=1S/C57H38N4/c1-4-15-39(16-5-1)41-27-29-43(30-28-41)44-31-35-45(36-32-44)48-23-14-24-51(54(48)61-52-25-12-10-21-49(52)50-22-11-13-26-53(50)61)57-59-55(46-19-8-3-9-20-46)58-56(60-57)47-37-33-42(34-38-47)40-17-6-2-7-18-40/h1-38H/i10D,11D,12D,13D,21D,22D,25D,26D. The van der Waals surface area contributed by atoms with Crippen molar-refractivity contribution in [2.24, 2.45) is 0 Å². The van der Waals surface area contributed by atoms with Gasteiger partial charge in [0, 0.05) is 33.0 Å². The lowest BCUT2D eigenvalue weighted by Crippen LogP contribution is -2.05. The van der Waals surface area contributed by atoms with Gasteiger partial charge in [-0.3, -0.25) is 0 Å². The first-order chi connectivity index (χ1) is 33.6. The highest BCUT2D eigenvalue weighted by Gasteiger charge is 2.22. The molecule has 0 unspecified atom stereocenters. The van der Waals surface area contributed by atoms with Gasteiger partial charge >= 0.3 is 0 Å². The van der Waals surface area contributed by atoms with Crippen molar-refractivity contribution in [2.45, 2.75) is 0 Å². The molecule has 0 aliphatic heterocycles. The van der Waals surface area contributed by atoms with Gasteiger partial charge < -0.3 is 4.57 Å². The SMILES string of the molecule is [2H]c1c([2H])c([2H])c2c(c1[2H])c1c([2H])c([2H])c([2H])c([2H])c1n2-c1c(-c2ccc(-c3ccc(-c4ccccc4)cc3)cc2)cccc1-c1nc(-c2ccccc2)nc(-c2ccc(-c3ccccc3)cc2)n1. The zero-order chi connectivity index (χ0) is 47.5. The molecule has 0 bridgehead atoms. The summed E-state index contributed by atoms with van der Waals surface area (Å²) in [4.78, 5) is 15.3. The molecule has 0 spiro atoms. The first-order valence-corrected chi connectivity index (χ1v) is 20.0. The van der Waals surface area contributed by atoms with Crippen LogP contribution in [0.15, 0.2) is 230 Å². The second-order valence-corrected chi connectivity index (χ2v) is 14.6. The second kappa shape index (κ2) is 15.5. The minimum Gasteiger partial charge on any atom is -0.308 e. The largest absolute Gasteiger partial charge is 0.308 e. The number of fused-ring (bicyclic) bond motifs is 3. The van der Waals surface area contributed by atoms with E-state index in [2.05, 4.69) is 36.4 Å². The average Bonchev–Trinajstić information content (AvgIpc) is 3.77. The summed E-state index contributed by atoms with van der Waals surface area (Å²) < 4.78 is 74.1. The Balaban J connectivity index is 1.19. The highest BCUT2D eigenvalue weighted by atomic mass is 15.1. The fourth-order valence-corrected chi connectivity index (χ4v) is 7.95. The number of aromatic nitrogens is 4. The molecule has 0 saturated carbocycles. The van der Waals surface area contributed by atoms with E-state index >= 15 is 0 Å². The van der Waals surface area contributed by atoms with Crippen LogP contribution in [0.2, 0.25) is 0 Å². The Hall–Kier alpha value is -8.21. The van der Waals surface area contributed by atoms with Crippen molar-refractivity contribution < 1.29 is 11.0 Å². The van der Waals surface area contributed by atoms with Gasteiger partial charge in [0.25, 0.3) is 0 Å². The van der Waals surface area contributed by atoms with Crippen molar-refractivity contribution >= 4 is 21.8 Å². The van der Waals surface area contributed by atoms with Crippen LogP contribution in [0.3, 0.4) is 0 Å². The summed E-state index contributed by atoms with van der Waals surface area (Å²) in [7, 11) is 0. The molecule has 0 atom stereocenters. The minimum atomic E-state index is -0.521. The van der Waals surface area contributed by atoms with Gasteiger partial charge in [-0.25, -0.2) is 15.0 Å². The van der Waals surface area contributed by atoms with Gasteiger partial charge in [-0.1, -0.05) is 212 Å². The van der Waals surface area contributed by atoms with Gasteiger partial charge in [0.2, 0.25) is 0 Å².